The maximum Gasteiger partial charge on any atom is 0.0563 e. The minimum absolute atomic E-state index is 1.15. The summed E-state index contributed by atoms with van der Waals surface area (Å²) in [7, 11) is 0. The molecule has 0 saturated heterocycles. The number of benzene rings is 7. The van der Waals surface area contributed by atoms with Crippen LogP contribution in [0.3, 0.4) is 0 Å². The summed E-state index contributed by atoms with van der Waals surface area (Å²) in [5.74, 6) is 0. The average molecular weight is 574 g/mol. The van der Waals surface area contributed by atoms with E-state index in [0.717, 1.165) is 5.69 Å². The number of para-hydroxylation sites is 5. The monoisotopic (exact) mass is 573 g/mol. The van der Waals surface area contributed by atoms with Gasteiger partial charge in [-0.1, -0.05) is 103 Å². The lowest BCUT2D eigenvalue weighted by Gasteiger charge is -2.13. The summed E-state index contributed by atoms with van der Waals surface area (Å²) in [6, 6.07) is 59.4. The van der Waals surface area contributed by atoms with E-state index in [4.69, 9.17) is 0 Å². The van der Waals surface area contributed by atoms with Gasteiger partial charge in [-0.3, -0.25) is 0 Å². The fourth-order valence-corrected chi connectivity index (χ4v) is 7.66. The van der Waals surface area contributed by atoms with Crippen LogP contribution in [-0.4, -0.2) is 13.7 Å². The van der Waals surface area contributed by atoms with Crippen LogP contribution in [0.2, 0.25) is 0 Å². The highest BCUT2D eigenvalue weighted by Gasteiger charge is 2.23. The molecule has 0 fully saturated rings. The normalized spacial score (nSPS) is 12.0. The van der Waals surface area contributed by atoms with Gasteiger partial charge in [0.05, 0.1) is 44.5 Å². The minimum Gasteiger partial charge on any atom is -0.309 e. The second-order valence-electron chi connectivity index (χ2n) is 11.8. The highest BCUT2D eigenvalue weighted by molar-refractivity contribution is 6.20. The van der Waals surface area contributed by atoms with Crippen LogP contribution in [0.5, 0.6) is 0 Å². The van der Waals surface area contributed by atoms with Gasteiger partial charge in [-0.2, -0.15) is 0 Å². The molecule has 3 heterocycles. The molecule has 0 aliphatic heterocycles. The molecule has 45 heavy (non-hydrogen) atoms. The predicted molar refractivity (Wildman–Crippen MR) is 189 cm³/mol. The van der Waals surface area contributed by atoms with E-state index in [9.17, 15) is 0 Å². The van der Waals surface area contributed by atoms with Crippen LogP contribution < -0.4 is 0 Å². The van der Waals surface area contributed by atoms with Crippen molar-refractivity contribution in [3.8, 4) is 17.1 Å². The molecule has 0 amide bonds. The summed E-state index contributed by atoms with van der Waals surface area (Å²) in [6.07, 6.45) is 0. The average Bonchev–Trinajstić information content (AvgIpc) is 3.75. The second-order valence-corrected chi connectivity index (χ2v) is 11.8. The Hall–Kier alpha value is -6.06. The largest absolute Gasteiger partial charge is 0.309 e. The summed E-state index contributed by atoms with van der Waals surface area (Å²) in [4.78, 5) is 0. The molecule has 0 N–H and O–H groups in total. The van der Waals surface area contributed by atoms with Crippen LogP contribution in [0.1, 0.15) is 0 Å². The topological polar surface area (TPSA) is 14.8 Å². The van der Waals surface area contributed by atoms with Gasteiger partial charge in [0.1, 0.15) is 0 Å². The number of hydrogen-bond donors (Lipinski definition) is 0. The number of nitrogens with zero attached hydrogens (tertiary/aromatic N) is 3. The van der Waals surface area contributed by atoms with E-state index in [1.54, 1.807) is 0 Å². The lowest BCUT2D eigenvalue weighted by molar-refractivity contribution is 1.16. The Morgan fingerprint density at radius 1 is 0.244 bits per heavy atom. The molecule has 0 aliphatic rings. The van der Waals surface area contributed by atoms with Crippen LogP contribution in [-0.2, 0) is 0 Å². The molecule has 210 valence electrons. The Labute approximate surface area is 259 Å². The zero-order valence-corrected chi connectivity index (χ0v) is 24.4. The molecule has 10 rings (SSSR count). The van der Waals surface area contributed by atoms with Crippen molar-refractivity contribution in [2.75, 3.05) is 0 Å². The molecule has 0 radical (unpaired) electrons. The van der Waals surface area contributed by atoms with Crippen molar-refractivity contribution in [2.45, 2.75) is 0 Å². The first-order chi connectivity index (χ1) is 22.4. The smallest absolute Gasteiger partial charge is 0.0563 e. The Balaban J connectivity index is 1.45. The van der Waals surface area contributed by atoms with Crippen LogP contribution >= 0.6 is 0 Å². The number of hydrogen-bond acceptors (Lipinski definition) is 0. The first-order valence-corrected chi connectivity index (χ1v) is 15.5. The molecule has 7 aromatic carbocycles. The van der Waals surface area contributed by atoms with E-state index in [2.05, 4.69) is 177 Å². The zero-order chi connectivity index (χ0) is 29.5. The molecule has 0 unspecified atom stereocenters. The highest BCUT2D eigenvalue weighted by atomic mass is 15.0. The van der Waals surface area contributed by atoms with E-state index >= 15 is 0 Å². The summed E-state index contributed by atoms with van der Waals surface area (Å²) in [5, 5.41) is 7.53. The van der Waals surface area contributed by atoms with Gasteiger partial charge < -0.3 is 13.7 Å². The third kappa shape index (κ3) is 3.30. The quantitative estimate of drug-likeness (QED) is 0.200. The Morgan fingerprint density at radius 2 is 0.578 bits per heavy atom. The van der Waals surface area contributed by atoms with Gasteiger partial charge >= 0.3 is 0 Å². The Bertz CT molecular complexity index is 2480. The van der Waals surface area contributed by atoms with Gasteiger partial charge in [0.15, 0.2) is 0 Å². The molecular formula is C42H27N3. The molecular weight excluding hydrogens is 546 g/mol. The third-order valence-electron chi connectivity index (χ3n) is 9.43. The third-order valence-corrected chi connectivity index (χ3v) is 9.43. The molecule has 0 aliphatic carbocycles. The molecule has 0 saturated carbocycles. The summed E-state index contributed by atoms with van der Waals surface area (Å²) < 4.78 is 7.36. The molecule has 0 bridgehead atoms. The molecule has 0 spiro atoms. The van der Waals surface area contributed by atoms with Crippen molar-refractivity contribution >= 4 is 65.4 Å². The van der Waals surface area contributed by atoms with Crippen LogP contribution in [0.15, 0.2) is 164 Å². The Morgan fingerprint density at radius 3 is 0.978 bits per heavy atom. The first kappa shape index (κ1) is 24.4. The van der Waals surface area contributed by atoms with Gasteiger partial charge in [0.25, 0.3) is 0 Å². The van der Waals surface area contributed by atoms with Gasteiger partial charge in [-0.25, -0.2) is 0 Å². The van der Waals surface area contributed by atoms with Gasteiger partial charge in [0, 0.05) is 38.0 Å². The Kier molecular flexibility index (Phi) is 5.00. The molecule has 3 heteroatoms. The van der Waals surface area contributed by atoms with E-state index < -0.39 is 0 Å². The summed E-state index contributed by atoms with van der Waals surface area (Å²) in [5.41, 5.74) is 10.7. The van der Waals surface area contributed by atoms with Crippen molar-refractivity contribution in [3.63, 3.8) is 0 Å². The number of fused-ring (bicyclic) bond motifs is 9. The first-order valence-electron chi connectivity index (χ1n) is 15.5. The van der Waals surface area contributed by atoms with Crippen LogP contribution in [0.25, 0.3) is 82.5 Å². The van der Waals surface area contributed by atoms with Crippen molar-refractivity contribution in [1.29, 1.82) is 0 Å². The fourth-order valence-electron chi connectivity index (χ4n) is 7.66. The van der Waals surface area contributed by atoms with Crippen molar-refractivity contribution in [2.24, 2.45) is 0 Å². The predicted octanol–water partition coefficient (Wildman–Crippen LogP) is 11.0. The molecule has 3 aromatic heterocycles. The lowest BCUT2D eigenvalue weighted by Crippen LogP contribution is -1.97. The molecule has 0 atom stereocenters. The van der Waals surface area contributed by atoms with E-state index in [0.29, 0.717) is 0 Å². The fraction of sp³-hybridized carbons (Fsp3) is 0. The standard InChI is InChI=1S/C42H27N3/c1-2-14-28(15-3-1)43-37-24-12-26-39(44-33-20-8-4-16-29(33)30-17-5-9-21-34(30)44)41(37)42-38(43)25-13-27-40(42)45-35-22-10-6-18-31(35)32-19-7-11-23-36(32)45/h1-27H. The lowest BCUT2D eigenvalue weighted by atomic mass is 10.1. The second kappa shape index (κ2) is 9.22. The number of rotatable bonds is 3. The van der Waals surface area contributed by atoms with E-state index in [1.165, 1.54) is 76.8 Å². The summed E-state index contributed by atoms with van der Waals surface area (Å²) in [6.45, 7) is 0. The zero-order valence-electron chi connectivity index (χ0n) is 24.4. The van der Waals surface area contributed by atoms with Crippen LogP contribution in [0.4, 0.5) is 0 Å². The van der Waals surface area contributed by atoms with Gasteiger partial charge in [-0.05, 0) is 60.7 Å². The SMILES string of the molecule is c1ccc(-n2c3cccc(-n4c5ccccc5c5ccccc54)c3c3c(-n4c5ccccc5c5ccccc54)cccc32)cc1. The maximum absolute atomic E-state index is 2.46. The minimum atomic E-state index is 1.15. The summed E-state index contributed by atoms with van der Waals surface area (Å²) >= 11 is 0. The van der Waals surface area contributed by atoms with Gasteiger partial charge in [0.2, 0.25) is 0 Å². The molecule has 10 aromatic rings. The number of aromatic nitrogens is 3. The molecule has 3 nitrogen and oxygen atoms in total. The van der Waals surface area contributed by atoms with E-state index in [-0.39, 0.29) is 0 Å². The van der Waals surface area contributed by atoms with Crippen molar-refractivity contribution in [1.82, 2.24) is 13.7 Å². The highest BCUT2D eigenvalue weighted by Crippen LogP contribution is 2.43. The maximum atomic E-state index is 2.46. The van der Waals surface area contributed by atoms with Gasteiger partial charge in [-0.15, -0.1) is 0 Å². The van der Waals surface area contributed by atoms with Crippen molar-refractivity contribution in [3.05, 3.63) is 164 Å². The van der Waals surface area contributed by atoms with Crippen molar-refractivity contribution < 1.29 is 0 Å². The van der Waals surface area contributed by atoms with E-state index in [1.807, 2.05) is 0 Å². The van der Waals surface area contributed by atoms with Crippen LogP contribution in [0, 0.1) is 0 Å².